The summed E-state index contributed by atoms with van der Waals surface area (Å²) in [5.41, 5.74) is 0. The molecular formula is C9H19NO4. The quantitative estimate of drug-likeness (QED) is 0.478. The molecule has 0 bridgehead atoms. The molecule has 0 aliphatic heterocycles. The number of aliphatic hydroxyl groups is 2. The minimum atomic E-state index is -0.468. The van der Waals surface area contributed by atoms with E-state index in [1.807, 2.05) is 6.92 Å². The van der Waals surface area contributed by atoms with Crippen molar-refractivity contribution in [2.45, 2.75) is 32.4 Å². The van der Waals surface area contributed by atoms with Crippen molar-refractivity contribution < 1.29 is 19.7 Å². The first-order chi connectivity index (χ1) is 6.69. The number of hydrogen-bond donors (Lipinski definition) is 3. The molecule has 0 amide bonds. The Bertz CT molecular complexity index is 159. The average molecular weight is 205 g/mol. The van der Waals surface area contributed by atoms with Gasteiger partial charge in [0.2, 0.25) is 0 Å². The van der Waals surface area contributed by atoms with E-state index >= 15 is 0 Å². The molecular weight excluding hydrogens is 186 g/mol. The smallest absolute Gasteiger partial charge is 0.323 e. The standard InChI is InChI=1S/C9H19NO4/c1-3-8(9(13)14-4-2)10-7(5-11)6-12/h7-8,10-12H,3-6H2,1-2H3. The fourth-order valence-corrected chi connectivity index (χ4v) is 1.04. The predicted molar refractivity (Wildman–Crippen MR) is 51.8 cm³/mol. The first-order valence-electron chi connectivity index (χ1n) is 4.83. The van der Waals surface area contributed by atoms with Crippen LogP contribution in [0.3, 0.4) is 0 Å². The van der Waals surface area contributed by atoms with Crippen molar-refractivity contribution in [3.8, 4) is 0 Å². The lowest BCUT2D eigenvalue weighted by molar-refractivity contribution is -0.146. The summed E-state index contributed by atoms with van der Waals surface area (Å²) in [6.07, 6.45) is 0.565. The van der Waals surface area contributed by atoms with Crippen LogP contribution in [-0.2, 0) is 9.53 Å². The highest BCUT2D eigenvalue weighted by molar-refractivity contribution is 5.75. The van der Waals surface area contributed by atoms with Gasteiger partial charge in [0.25, 0.3) is 0 Å². The molecule has 0 aromatic heterocycles. The second-order valence-electron chi connectivity index (χ2n) is 2.94. The number of esters is 1. The fraction of sp³-hybridized carbons (Fsp3) is 0.889. The number of ether oxygens (including phenoxy) is 1. The van der Waals surface area contributed by atoms with Crippen LogP contribution in [0.5, 0.6) is 0 Å². The van der Waals surface area contributed by atoms with Crippen LogP contribution in [0, 0.1) is 0 Å². The summed E-state index contributed by atoms with van der Waals surface area (Å²) >= 11 is 0. The molecule has 0 saturated heterocycles. The van der Waals surface area contributed by atoms with Crippen LogP contribution in [-0.4, -0.2) is 48.1 Å². The molecule has 14 heavy (non-hydrogen) atoms. The molecule has 0 aromatic rings. The maximum atomic E-state index is 11.3. The lowest BCUT2D eigenvalue weighted by Gasteiger charge is -2.20. The van der Waals surface area contributed by atoms with E-state index in [2.05, 4.69) is 5.32 Å². The van der Waals surface area contributed by atoms with Crippen LogP contribution in [0.1, 0.15) is 20.3 Å². The zero-order valence-electron chi connectivity index (χ0n) is 8.69. The molecule has 0 heterocycles. The average Bonchev–Trinajstić information content (AvgIpc) is 2.20. The van der Waals surface area contributed by atoms with Crippen LogP contribution < -0.4 is 5.32 Å². The largest absolute Gasteiger partial charge is 0.465 e. The van der Waals surface area contributed by atoms with E-state index in [1.165, 1.54) is 0 Å². The maximum absolute atomic E-state index is 11.3. The fourth-order valence-electron chi connectivity index (χ4n) is 1.04. The van der Waals surface area contributed by atoms with Crippen molar-refractivity contribution in [2.75, 3.05) is 19.8 Å². The van der Waals surface area contributed by atoms with Crippen LogP contribution in [0.25, 0.3) is 0 Å². The van der Waals surface area contributed by atoms with Gasteiger partial charge in [0.15, 0.2) is 0 Å². The Morgan fingerprint density at radius 1 is 1.36 bits per heavy atom. The Morgan fingerprint density at radius 3 is 2.29 bits per heavy atom. The number of rotatable bonds is 7. The zero-order chi connectivity index (χ0) is 11.0. The van der Waals surface area contributed by atoms with Gasteiger partial charge in [-0.05, 0) is 13.3 Å². The van der Waals surface area contributed by atoms with Crippen LogP contribution >= 0.6 is 0 Å². The van der Waals surface area contributed by atoms with Gasteiger partial charge in [-0.3, -0.25) is 10.1 Å². The van der Waals surface area contributed by atoms with Crippen molar-refractivity contribution >= 4 is 5.97 Å². The highest BCUT2D eigenvalue weighted by Gasteiger charge is 2.20. The molecule has 5 nitrogen and oxygen atoms in total. The molecule has 0 rings (SSSR count). The molecule has 0 aliphatic rings. The number of nitrogens with one attached hydrogen (secondary N) is 1. The first kappa shape index (κ1) is 13.4. The third kappa shape index (κ3) is 4.55. The van der Waals surface area contributed by atoms with Gasteiger partial charge < -0.3 is 14.9 Å². The molecule has 3 N–H and O–H groups in total. The van der Waals surface area contributed by atoms with Crippen molar-refractivity contribution in [2.24, 2.45) is 0 Å². The molecule has 0 spiro atoms. The van der Waals surface area contributed by atoms with Gasteiger partial charge in [-0.1, -0.05) is 6.92 Å². The minimum Gasteiger partial charge on any atom is -0.465 e. The van der Waals surface area contributed by atoms with E-state index in [0.29, 0.717) is 13.0 Å². The summed E-state index contributed by atoms with van der Waals surface area (Å²) in [5.74, 6) is -0.345. The normalized spacial score (nSPS) is 12.9. The summed E-state index contributed by atoms with van der Waals surface area (Å²) in [6, 6.07) is -0.927. The summed E-state index contributed by atoms with van der Waals surface area (Å²) in [7, 11) is 0. The molecule has 1 atom stereocenters. The summed E-state index contributed by atoms with van der Waals surface area (Å²) < 4.78 is 4.82. The topological polar surface area (TPSA) is 78.8 Å². The van der Waals surface area contributed by atoms with E-state index in [4.69, 9.17) is 14.9 Å². The van der Waals surface area contributed by atoms with Crippen LogP contribution in [0.4, 0.5) is 0 Å². The van der Waals surface area contributed by atoms with Crippen LogP contribution in [0.2, 0.25) is 0 Å². The third-order valence-corrected chi connectivity index (χ3v) is 1.86. The van der Waals surface area contributed by atoms with E-state index < -0.39 is 12.1 Å². The zero-order valence-corrected chi connectivity index (χ0v) is 8.69. The van der Waals surface area contributed by atoms with Gasteiger partial charge in [-0.2, -0.15) is 0 Å². The van der Waals surface area contributed by atoms with E-state index in [0.717, 1.165) is 0 Å². The Hall–Kier alpha value is -0.650. The number of aliphatic hydroxyl groups excluding tert-OH is 2. The second kappa shape index (κ2) is 7.73. The monoisotopic (exact) mass is 205 g/mol. The van der Waals surface area contributed by atoms with Gasteiger partial charge in [0.1, 0.15) is 6.04 Å². The van der Waals surface area contributed by atoms with Crippen molar-refractivity contribution in [1.29, 1.82) is 0 Å². The van der Waals surface area contributed by atoms with E-state index in [9.17, 15) is 4.79 Å². The van der Waals surface area contributed by atoms with Crippen molar-refractivity contribution in [3.63, 3.8) is 0 Å². The third-order valence-electron chi connectivity index (χ3n) is 1.86. The highest BCUT2D eigenvalue weighted by atomic mass is 16.5. The molecule has 0 saturated carbocycles. The maximum Gasteiger partial charge on any atom is 0.323 e. The molecule has 1 unspecified atom stereocenters. The van der Waals surface area contributed by atoms with E-state index in [-0.39, 0.29) is 19.2 Å². The van der Waals surface area contributed by atoms with Gasteiger partial charge in [0, 0.05) is 0 Å². The van der Waals surface area contributed by atoms with Gasteiger partial charge in [0.05, 0.1) is 25.9 Å². The van der Waals surface area contributed by atoms with E-state index in [1.54, 1.807) is 6.92 Å². The first-order valence-corrected chi connectivity index (χ1v) is 4.83. The molecule has 5 heteroatoms. The number of carbonyl (C=O) groups excluding carboxylic acids is 1. The SMILES string of the molecule is CCOC(=O)C(CC)NC(CO)CO. The predicted octanol–water partition coefficient (Wildman–Crippen LogP) is -0.729. The molecule has 0 fully saturated rings. The molecule has 0 aliphatic carbocycles. The number of carbonyl (C=O) groups is 1. The second-order valence-corrected chi connectivity index (χ2v) is 2.94. The minimum absolute atomic E-state index is 0.202. The Balaban J connectivity index is 4.05. The lowest BCUT2D eigenvalue weighted by Crippen LogP contribution is -2.47. The highest BCUT2D eigenvalue weighted by Crippen LogP contribution is 1.97. The number of hydrogen-bond acceptors (Lipinski definition) is 5. The Labute approximate surface area is 84.1 Å². The lowest BCUT2D eigenvalue weighted by atomic mass is 10.2. The summed E-state index contributed by atoms with van der Waals surface area (Å²) in [6.45, 7) is 3.50. The van der Waals surface area contributed by atoms with Crippen LogP contribution in [0.15, 0.2) is 0 Å². The molecule has 0 aromatic carbocycles. The summed E-state index contributed by atoms with van der Waals surface area (Å²) in [5, 5.41) is 20.4. The van der Waals surface area contributed by atoms with Crippen molar-refractivity contribution in [3.05, 3.63) is 0 Å². The van der Waals surface area contributed by atoms with Gasteiger partial charge in [-0.15, -0.1) is 0 Å². The molecule has 84 valence electrons. The Morgan fingerprint density at radius 2 is 1.93 bits per heavy atom. The molecule has 0 radical (unpaired) electrons. The van der Waals surface area contributed by atoms with Crippen molar-refractivity contribution in [1.82, 2.24) is 5.32 Å². The van der Waals surface area contributed by atoms with Gasteiger partial charge in [-0.25, -0.2) is 0 Å². The Kier molecular flexibility index (Phi) is 7.37. The summed E-state index contributed by atoms with van der Waals surface area (Å²) in [4.78, 5) is 11.3. The van der Waals surface area contributed by atoms with Gasteiger partial charge >= 0.3 is 5.97 Å².